The van der Waals surface area contributed by atoms with E-state index in [2.05, 4.69) is 15.9 Å². The molecule has 0 atom stereocenters. The van der Waals surface area contributed by atoms with E-state index in [4.69, 9.17) is 9.47 Å². The van der Waals surface area contributed by atoms with Crippen molar-refractivity contribution in [3.8, 4) is 5.75 Å². The van der Waals surface area contributed by atoms with Crippen LogP contribution < -0.4 is 4.74 Å². The first-order valence-electron chi connectivity index (χ1n) is 8.19. The Kier molecular flexibility index (Phi) is 7.21. The first-order chi connectivity index (χ1) is 13.0. The second-order valence-corrected chi connectivity index (χ2v) is 10.5. The van der Waals surface area contributed by atoms with E-state index in [1.807, 2.05) is 18.2 Å². The first kappa shape index (κ1) is 20.7. The van der Waals surface area contributed by atoms with Crippen LogP contribution in [0.15, 0.2) is 45.1 Å². The molecule has 1 aromatic heterocycles. The number of nitrogens with zero attached hydrogens (tertiary/aromatic N) is 1. The van der Waals surface area contributed by atoms with Gasteiger partial charge in [-0.3, -0.25) is 0 Å². The molecule has 146 valence electrons. The Morgan fingerprint density at radius 3 is 2.70 bits per heavy atom. The summed E-state index contributed by atoms with van der Waals surface area (Å²) < 4.78 is 38.7. The highest BCUT2D eigenvalue weighted by Crippen LogP contribution is 2.27. The Morgan fingerprint density at radius 1 is 1.19 bits per heavy atom. The molecular weight excluding hydrogens is 474 g/mol. The fraction of sp³-hybridized carbons (Fsp3) is 0.353. The predicted octanol–water partition coefficient (Wildman–Crippen LogP) is 3.48. The highest BCUT2D eigenvalue weighted by Gasteiger charge is 2.31. The second-order valence-electron chi connectivity index (χ2n) is 5.57. The van der Waals surface area contributed by atoms with Gasteiger partial charge >= 0.3 is 5.97 Å². The summed E-state index contributed by atoms with van der Waals surface area (Å²) >= 11 is 6.15. The molecule has 0 unspecified atom stereocenters. The number of hydrogen-bond donors (Lipinski definition) is 0. The monoisotopic (exact) mass is 491 g/mol. The zero-order chi connectivity index (χ0) is 19.3. The molecule has 1 saturated heterocycles. The van der Waals surface area contributed by atoms with E-state index in [9.17, 15) is 13.2 Å². The zero-order valence-corrected chi connectivity index (χ0v) is 18.3. The van der Waals surface area contributed by atoms with E-state index in [1.165, 1.54) is 10.4 Å². The molecule has 1 aliphatic rings. The number of carbonyl (C=O) groups excluding carboxylic acids is 1. The number of rotatable bonds is 7. The van der Waals surface area contributed by atoms with Crippen LogP contribution in [-0.2, 0) is 14.8 Å². The molecule has 10 heteroatoms. The normalized spacial score (nSPS) is 15.4. The number of halogens is 1. The van der Waals surface area contributed by atoms with Gasteiger partial charge in [0.25, 0.3) is 0 Å². The maximum absolute atomic E-state index is 12.8. The average Bonchev–Trinajstić information content (AvgIpc) is 3.17. The van der Waals surface area contributed by atoms with Crippen molar-refractivity contribution in [2.24, 2.45) is 0 Å². The highest BCUT2D eigenvalue weighted by atomic mass is 79.9. The van der Waals surface area contributed by atoms with Crippen LogP contribution >= 0.6 is 39.0 Å². The molecule has 0 spiro atoms. The molecule has 2 aromatic rings. The number of carbonyl (C=O) groups is 1. The van der Waals surface area contributed by atoms with Crippen LogP contribution in [0.1, 0.15) is 9.67 Å². The fourth-order valence-electron chi connectivity index (χ4n) is 2.49. The van der Waals surface area contributed by atoms with Crippen LogP contribution in [0, 0.1) is 0 Å². The number of ether oxygens (including phenoxy) is 2. The number of benzene rings is 1. The average molecular weight is 492 g/mol. The number of hydrogen-bond acceptors (Lipinski definition) is 7. The number of thiophene rings is 1. The van der Waals surface area contributed by atoms with Crippen LogP contribution in [0.4, 0.5) is 0 Å². The lowest BCUT2D eigenvalue weighted by Crippen LogP contribution is -2.38. The number of thioether (sulfide) groups is 1. The van der Waals surface area contributed by atoms with E-state index < -0.39 is 16.0 Å². The van der Waals surface area contributed by atoms with Crippen molar-refractivity contribution in [3.63, 3.8) is 0 Å². The van der Waals surface area contributed by atoms with Crippen molar-refractivity contribution in [1.29, 1.82) is 0 Å². The Hall–Kier alpha value is -1.07. The van der Waals surface area contributed by atoms with E-state index in [1.54, 1.807) is 23.2 Å². The fourth-order valence-corrected chi connectivity index (χ4v) is 6.73. The summed E-state index contributed by atoms with van der Waals surface area (Å²) in [6.07, 6.45) is 0. The third kappa shape index (κ3) is 5.26. The van der Waals surface area contributed by atoms with Gasteiger partial charge in [0.1, 0.15) is 28.7 Å². The topological polar surface area (TPSA) is 72.9 Å². The SMILES string of the molecule is O=C(OCCOc1cccc(Br)c1)c1sccc1S(=O)(=O)N1CCSCC1. The molecule has 27 heavy (non-hydrogen) atoms. The molecule has 1 aliphatic heterocycles. The quantitative estimate of drug-likeness (QED) is 0.436. The lowest BCUT2D eigenvalue weighted by atomic mass is 10.3. The molecule has 1 aromatic carbocycles. The molecule has 0 N–H and O–H groups in total. The molecule has 0 saturated carbocycles. The molecular formula is C17H18BrNO5S3. The summed E-state index contributed by atoms with van der Waals surface area (Å²) in [6, 6.07) is 8.80. The largest absolute Gasteiger partial charge is 0.490 e. The summed E-state index contributed by atoms with van der Waals surface area (Å²) in [7, 11) is -3.68. The van der Waals surface area contributed by atoms with E-state index in [0.29, 0.717) is 18.8 Å². The molecule has 0 aliphatic carbocycles. The van der Waals surface area contributed by atoms with Gasteiger partial charge in [-0.05, 0) is 29.6 Å². The minimum Gasteiger partial charge on any atom is -0.490 e. The summed E-state index contributed by atoms with van der Waals surface area (Å²) in [5, 5.41) is 1.60. The van der Waals surface area contributed by atoms with Crippen molar-refractivity contribution in [3.05, 3.63) is 45.1 Å². The molecule has 1 fully saturated rings. The minimum absolute atomic E-state index is 0.0253. The maximum Gasteiger partial charge on any atom is 0.349 e. The second kappa shape index (κ2) is 9.42. The maximum atomic E-state index is 12.8. The van der Waals surface area contributed by atoms with Crippen LogP contribution in [-0.4, -0.2) is 56.5 Å². The van der Waals surface area contributed by atoms with Crippen molar-refractivity contribution in [1.82, 2.24) is 4.31 Å². The summed E-state index contributed by atoms with van der Waals surface area (Å²) in [5.74, 6) is 1.53. The summed E-state index contributed by atoms with van der Waals surface area (Å²) in [4.78, 5) is 12.5. The van der Waals surface area contributed by atoms with Crippen LogP contribution in [0.25, 0.3) is 0 Å². The Labute approximate surface area is 175 Å². The van der Waals surface area contributed by atoms with Crippen molar-refractivity contribution in [2.45, 2.75) is 4.90 Å². The van der Waals surface area contributed by atoms with Crippen molar-refractivity contribution >= 4 is 55.0 Å². The smallest absolute Gasteiger partial charge is 0.349 e. The van der Waals surface area contributed by atoms with Gasteiger partial charge in [0.05, 0.1) is 0 Å². The van der Waals surface area contributed by atoms with Crippen molar-refractivity contribution in [2.75, 3.05) is 37.8 Å². The molecule has 2 heterocycles. The lowest BCUT2D eigenvalue weighted by molar-refractivity contribution is 0.0452. The van der Waals surface area contributed by atoms with Gasteiger partial charge in [-0.25, -0.2) is 13.2 Å². The molecule has 0 bridgehead atoms. The van der Waals surface area contributed by atoms with Gasteiger partial charge in [0, 0.05) is 29.1 Å². The molecule has 6 nitrogen and oxygen atoms in total. The molecule has 0 amide bonds. The van der Waals surface area contributed by atoms with E-state index in [-0.39, 0.29) is 23.0 Å². The minimum atomic E-state index is -3.68. The molecule has 3 rings (SSSR count). The van der Waals surface area contributed by atoms with Gasteiger partial charge in [-0.15, -0.1) is 11.3 Å². The van der Waals surface area contributed by atoms with E-state index in [0.717, 1.165) is 27.3 Å². The highest BCUT2D eigenvalue weighted by molar-refractivity contribution is 9.10. The van der Waals surface area contributed by atoms with Crippen molar-refractivity contribution < 1.29 is 22.7 Å². The standard InChI is InChI=1S/C17H18BrNO5S3/c18-13-2-1-3-14(12-13)23-7-8-24-17(20)16-15(4-9-26-16)27(21,22)19-5-10-25-11-6-19/h1-4,9,12H,5-8,10-11H2. The first-order valence-corrected chi connectivity index (χ1v) is 12.5. The number of sulfonamides is 1. The van der Waals surface area contributed by atoms with Gasteiger partial charge in [-0.1, -0.05) is 22.0 Å². The van der Waals surface area contributed by atoms with Gasteiger partial charge in [0.15, 0.2) is 0 Å². The third-order valence-electron chi connectivity index (χ3n) is 3.78. The Balaban J connectivity index is 1.58. The Morgan fingerprint density at radius 2 is 1.96 bits per heavy atom. The molecule has 0 radical (unpaired) electrons. The van der Waals surface area contributed by atoms with Gasteiger partial charge < -0.3 is 9.47 Å². The summed E-state index contributed by atoms with van der Waals surface area (Å²) in [6.45, 7) is 1.12. The zero-order valence-electron chi connectivity index (χ0n) is 14.3. The van der Waals surface area contributed by atoms with Crippen LogP contribution in [0.2, 0.25) is 0 Å². The summed E-state index contributed by atoms with van der Waals surface area (Å²) in [5.41, 5.74) is 0. The van der Waals surface area contributed by atoms with Crippen LogP contribution in [0.3, 0.4) is 0 Å². The number of esters is 1. The van der Waals surface area contributed by atoms with E-state index >= 15 is 0 Å². The lowest BCUT2D eigenvalue weighted by Gasteiger charge is -2.25. The van der Waals surface area contributed by atoms with Gasteiger partial charge in [0.2, 0.25) is 10.0 Å². The third-order valence-corrected chi connectivity index (χ3v) is 8.18. The predicted molar refractivity (Wildman–Crippen MR) is 110 cm³/mol. The Bertz CT molecular complexity index is 893. The van der Waals surface area contributed by atoms with Crippen LogP contribution in [0.5, 0.6) is 5.75 Å². The van der Waals surface area contributed by atoms with Gasteiger partial charge in [-0.2, -0.15) is 16.1 Å².